The molecule has 2 saturated carbocycles. The molecule has 5 nitrogen and oxygen atoms in total. The van der Waals surface area contributed by atoms with Crippen LogP contribution in [0.2, 0.25) is 0 Å². The maximum absolute atomic E-state index is 14.0. The highest BCUT2D eigenvalue weighted by Crippen LogP contribution is 2.49. The molecule has 1 aromatic carbocycles. The SMILES string of the molecule is Fc1cc(C2(Nc3cc(C4CC4)nc4ncnn34)CC2)ccc1C(F)(F)F. The van der Waals surface area contributed by atoms with E-state index in [2.05, 4.69) is 20.4 Å². The molecule has 0 bridgehead atoms. The minimum absolute atomic E-state index is 0.408. The lowest BCUT2D eigenvalue weighted by atomic mass is 10.0. The number of rotatable bonds is 4. The molecule has 0 atom stereocenters. The van der Waals surface area contributed by atoms with E-state index in [1.54, 1.807) is 4.52 Å². The molecule has 3 aromatic rings. The highest BCUT2D eigenvalue weighted by atomic mass is 19.4. The maximum Gasteiger partial charge on any atom is 0.419 e. The third-order valence-corrected chi connectivity index (χ3v) is 5.21. The number of fused-ring (bicyclic) bond motifs is 1. The van der Waals surface area contributed by atoms with Crippen molar-refractivity contribution in [1.82, 2.24) is 19.6 Å². The van der Waals surface area contributed by atoms with Crippen molar-refractivity contribution in [2.24, 2.45) is 0 Å². The maximum atomic E-state index is 14.0. The number of nitrogens with zero attached hydrogens (tertiary/aromatic N) is 4. The number of halogens is 4. The summed E-state index contributed by atoms with van der Waals surface area (Å²) in [4.78, 5) is 8.64. The van der Waals surface area contributed by atoms with Crippen LogP contribution in [0.5, 0.6) is 0 Å². The van der Waals surface area contributed by atoms with E-state index in [0.29, 0.717) is 35.9 Å². The van der Waals surface area contributed by atoms with E-state index in [0.717, 1.165) is 30.7 Å². The van der Waals surface area contributed by atoms with Crippen LogP contribution >= 0.6 is 0 Å². The van der Waals surface area contributed by atoms with Gasteiger partial charge < -0.3 is 5.32 Å². The zero-order valence-electron chi connectivity index (χ0n) is 14.1. The van der Waals surface area contributed by atoms with Crippen LogP contribution in [0.3, 0.4) is 0 Å². The first-order chi connectivity index (χ1) is 12.9. The van der Waals surface area contributed by atoms with Crippen LogP contribution in [0.4, 0.5) is 23.4 Å². The van der Waals surface area contributed by atoms with Gasteiger partial charge in [-0.25, -0.2) is 9.37 Å². The Labute approximate surface area is 151 Å². The summed E-state index contributed by atoms with van der Waals surface area (Å²) in [5, 5.41) is 7.52. The first kappa shape index (κ1) is 16.5. The molecule has 0 spiro atoms. The van der Waals surface area contributed by atoms with Gasteiger partial charge in [-0.05, 0) is 43.4 Å². The van der Waals surface area contributed by atoms with Crippen LogP contribution in [0.25, 0.3) is 5.78 Å². The van der Waals surface area contributed by atoms with Crippen LogP contribution in [-0.2, 0) is 11.7 Å². The molecule has 0 aliphatic heterocycles. The molecule has 5 rings (SSSR count). The number of hydrogen-bond donors (Lipinski definition) is 1. The van der Waals surface area contributed by atoms with Crippen molar-refractivity contribution in [3.8, 4) is 0 Å². The summed E-state index contributed by atoms with van der Waals surface area (Å²) in [6.45, 7) is 0. The van der Waals surface area contributed by atoms with E-state index in [4.69, 9.17) is 0 Å². The van der Waals surface area contributed by atoms with Crippen LogP contribution in [-0.4, -0.2) is 19.6 Å². The van der Waals surface area contributed by atoms with E-state index in [1.807, 2.05) is 6.07 Å². The molecule has 2 aliphatic rings. The van der Waals surface area contributed by atoms with Gasteiger partial charge in [0.15, 0.2) is 0 Å². The first-order valence-electron chi connectivity index (χ1n) is 8.72. The van der Waals surface area contributed by atoms with Crippen LogP contribution in [0, 0.1) is 5.82 Å². The molecule has 27 heavy (non-hydrogen) atoms. The van der Waals surface area contributed by atoms with Gasteiger partial charge in [0.05, 0.1) is 16.8 Å². The van der Waals surface area contributed by atoms with E-state index < -0.39 is 23.1 Å². The zero-order chi connectivity index (χ0) is 18.8. The van der Waals surface area contributed by atoms with Crippen molar-refractivity contribution in [3.05, 3.63) is 53.2 Å². The molecule has 0 amide bonds. The Morgan fingerprint density at radius 3 is 2.56 bits per heavy atom. The van der Waals surface area contributed by atoms with Gasteiger partial charge in [0.25, 0.3) is 5.78 Å². The summed E-state index contributed by atoms with van der Waals surface area (Å²) in [5.74, 6) is 0.284. The van der Waals surface area contributed by atoms with Gasteiger partial charge in [0.2, 0.25) is 0 Å². The van der Waals surface area contributed by atoms with Crippen molar-refractivity contribution in [3.63, 3.8) is 0 Å². The lowest BCUT2D eigenvalue weighted by Crippen LogP contribution is -2.22. The standard InChI is InChI=1S/C18H15F4N5/c19-13-7-11(3-4-12(13)18(20,21)22)17(5-6-17)26-15-8-14(10-1-2-10)25-16-23-9-24-27(15)16/h3-4,7-10,26H,1-2,5-6H2. The fraction of sp³-hybridized carbons (Fsp3) is 0.389. The van der Waals surface area contributed by atoms with Crippen molar-refractivity contribution >= 4 is 11.6 Å². The third-order valence-electron chi connectivity index (χ3n) is 5.21. The molecule has 9 heteroatoms. The molecule has 0 unspecified atom stereocenters. The smallest absolute Gasteiger partial charge is 0.360 e. The van der Waals surface area contributed by atoms with Gasteiger partial charge in [-0.2, -0.15) is 27.8 Å². The molecule has 1 N–H and O–H groups in total. The average molecular weight is 377 g/mol. The van der Waals surface area contributed by atoms with Gasteiger partial charge in [0.1, 0.15) is 18.0 Å². The summed E-state index contributed by atoms with van der Waals surface area (Å²) >= 11 is 0. The minimum Gasteiger partial charge on any atom is -0.360 e. The number of anilines is 1. The third kappa shape index (κ3) is 2.81. The lowest BCUT2D eigenvalue weighted by molar-refractivity contribution is -0.140. The monoisotopic (exact) mass is 377 g/mol. The Hall–Kier alpha value is -2.71. The summed E-state index contributed by atoms with van der Waals surface area (Å²) in [5.41, 5.74) is -0.439. The van der Waals surface area contributed by atoms with Gasteiger partial charge in [-0.1, -0.05) is 6.07 Å². The molecular formula is C18H15F4N5. The lowest BCUT2D eigenvalue weighted by Gasteiger charge is -2.21. The van der Waals surface area contributed by atoms with Crippen LogP contribution in [0.1, 0.15) is 48.4 Å². The summed E-state index contributed by atoms with van der Waals surface area (Å²) in [6.07, 6.45) is 0.230. The van der Waals surface area contributed by atoms with Crippen molar-refractivity contribution < 1.29 is 17.6 Å². The van der Waals surface area contributed by atoms with E-state index in [9.17, 15) is 17.6 Å². The molecule has 2 fully saturated rings. The highest BCUT2D eigenvalue weighted by Gasteiger charge is 2.46. The summed E-state index contributed by atoms with van der Waals surface area (Å²) in [6, 6.07) is 5.03. The molecular weight excluding hydrogens is 362 g/mol. The van der Waals surface area contributed by atoms with E-state index in [-0.39, 0.29) is 0 Å². The number of alkyl halides is 3. The van der Waals surface area contributed by atoms with E-state index in [1.165, 1.54) is 12.4 Å². The fourth-order valence-corrected chi connectivity index (χ4v) is 3.41. The van der Waals surface area contributed by atoms with Crippen molar-refractivity contribution in [1.29, 1.82) is 0 Å². The zero-order valence-corrected chi connectivity index (χ0v) is 14.1. The molecule has 0 saturated heterocycles. The second-order valence-electron chi connectivity index (χ2n) is 7.21. The second kappa shape index (κ2) is 5.40. The first-order valence-corrected chi connectivity index (χ1v) is 8.72. The summed E-state index contributed by atoms with van der Waals surface area (Å²) in [7, 11) is 0. The Bertz CT molecular complexity index is 1030. The predicted octanol–water partition coefficient (Wildman–Crippen LogP) is 4.26. The fourth-order valence-electron chi connectivity index (χ4n) is 3.41. The Morgan fingerprint density at radius 2 is 1.93 bits per heavy atom. The normalized spacial score (nSPS) is 18.7. The van der Waals surface area contributed by atoms with Gasteiger partial charge >= 0.3 is 6.18 Å². The van der Waals surface area contributed by atoms with Gasteiger partial charge in [-0.3, -0.25) is 0 Å². The highest BCUT2D eigenvalue weighted by molar-refractivity contribution is 5.52. The Balaban J connectivity index is 1.52. The van der Waals surface area contributed by atoms with Crippen LogP contribution < -0.4 is 5.32 Å². The quantitative estimate of drug-likeness (QED) is 0.691. The molecule has 2 aromatic heterocycles. The van der Waals surface area contributed by atoms with Crippen LogP contribution in [0.15, 0.2) is 30.6 Å². The number of hydrogen-bond acceptors (Lipinski definition) is 4. The second-order valence-corrected chi connectivity index (χ2v) is 7.21. The number of aromatic nitrogens is 4. The Morgan fingerprint density at radius 1 is 1.15 bits per heavy atom. The molecule has 2 heterocycles. The molecule has 140 valence electrons. The van der Waals surface area contributed by atoms with Crippen molar-refractivity contribution in [2.75, 3.05) is 5.32 Å². The van der Waals surface area contributed by atoms with E-state index >= 15 is 0 Å². The number of benzene rings is 1. The van der Waals surface area contributed by atoms with Gasteiger partial charge in [-0.15, -0.1) is 0 Å². The predicted molar refractivity (Wildman–Crippen MR) is 88.7 cm³/mol. The summed E-state index contributed by atoms with van der Waals surface area (Å²) < 4.78 is 54.1. The van der Waals surface area contributed by atoms with Gasteiger partial charge in [0, 0.05) is 12.0 Å². The number of nitrogens with one attached hydrogen (secondary N) is 1. The molecule has 2 aliphatic carbocycles. The largest absolute Gasteiger partial charge is 0.419 e. The molecule has 0 radical (unpaired) electrons. The average Bonchev–Trinajstić information content (AvgIpc) is 3.52. The van der Waals surface area contributed by atoms with Crippen molar-refractivity contribution in [2.45, 2.75) is 43.3 Å². The topological polar surface area (TPSA) is 55.1 Å². The Kier molecular flexibility index (Phi) is 3.29. The minimum atomic E-state index is -4.70.